The van der Waals surface area contributed by atoms with Crippen LogP contribution >= 0.6 is 0 Å². The van der Waals surface area contributed by atoms with Gasteiger partial charge in [0.05, 0.1) is 0 Å². The van der Waals surface area contributed by atoms with Gasteiger partial charge in [-0.1, -0.05) is 30.4 Å². The molecule has 25 heavy (non-hydrogen) atoms. The van der Waals surface area contributed by atoms with Crippen LogP contribution in [0.15, 0.2) is 42.5 Å². The van der Waals surface area contributed by atoms with E-state index < -0.39 is 0 Å². The Kier molecular flexibility index (Phi) is 7.82. The van der Waals surface area contributed by atoms with Crippen molar-refractivity contribution in [1.82, 2.24) is 0 Å². The fourth-order valence-corrected chi connectivity index (χ4v) is 2.21. The van der Waals surface area contributed by atoms with Crippen molar-refractivity contribution in [2.24, 2.45) is 0 Å². The van der Waals surface area contributed by atoms with Gasteiger partial charge >= 0.3 is 0 Å². The molecule has 0 aliphatic heterocycles. The van der Waals surface area contributed by atoms with Gasteiger partial charge in [0.2, 0.25) is 0 Å². The van der Waals surface area contributed by atoms with Gasteiger partial charge in [-0.25, -0.2) is 0 Å². The van der Waals surface area contributed by atoms with Crippen molar-refractivity contribution < 1.29 is 18.9 Å². The Hall–Kier alpha value is -2.50. The zero-order valence-corrected chi connectivity index (χ0v) is 15.0. The Labute approximate surface area is 149 Å². The molecule has 0 aliphatic rings. The summed E-state index contributed by atoms with van der Waals surface area (Å²) >= 11 is 0. The van der Waals surface area contributed by atoms with E-state index in [4.69, 9.17) is 18.9 Å². The highest BCUT2D eigenvalue weighted by Gasteiger charge is 2.06. The number of rotatable bonds is 10. The molecule has 0 heterocycles. The Bertz CT molecular complexity index is 668. The van der Waals surface area contributed by atoms with Gasteiger partial charge in [0.15, 0.2) is 25.1 Å². The lowest BCUT2D eigenvalue weighted by atomic mass is 10.1. The summed E-state index contributed by atoms with van der Waals surface area (Å²) in [5, 5.41) is 3.28. The van der Waals surface area contributed by atoms with Crippen LogP contribution in [0.4, 0.5) is 5.69 Å². The van der Waals surface area contributed by atoms with Crippen molar-refractivity contribution in [3.63, 3.8) is 0 Å². The fraction of sp³-hybridized carbons (Fsp3) is 0.300. The van der Waals surface area contributed by atoms with Crippen LogP contribution in [-0.2, 0) is 9.47 Å². The fourth-order valence-electron chi connectivity index (χ4n) is 2.21. The Morgan fingerprint density at radius 1 is 0.800 bits per heavy atom. The summed E-state index contributed by atoms with van der Waals surface area (Å²) in [5.41, 5.74) is 3.25. The summed E-state index contributed by atoms with van der Waals surface area (Å²) in [7, 11) is 3.16. The lowest BCUT2D eigenvalue weighted by molar-refractivity contribution is 0.0322. The minimum atomic E-state index is 0.155. The molecule has 0 fully saturated rings. The highest BCUT2D eigenvalue weighted by molar-refractivity contribution is 5.71. The molecule has 134 valence electrons. The maximum absolute atomic E-state index is 5.57. The molecule has 0 aliphatic carbocycles. The molecule has 2 rings (SSSR count). The second-order valence-corrected chi connectivity index (χ2v) is 5.29. The highest BCUT2D eigenvalue weighted by atomic mass is 16.7. The van der Waals surface area contributed by atoms with E-state index in [2.05, 4.69) is 42.6 Å². The zero-order chi connectivity index (χ0) is 17.9. The van der Waals surface area contributed by atoms with E-state index in [0.717, 1.165) is 23.4 Å². The number of hydrogen-bond acceptors (Lipinski definition) is 5. The highest BCUT2D eigenvalue weighted by Crippen LogP contribution is 2.29. The van der Waals surface area contributed by atoms with Crippen molar-refractivity contribution in [3.05, 3.63) is 53.6 Å². The molecule has 0 unspecified atom stereocenters. The topological polar surface area (TPSA) is 49.0 Å². The molecule has 5 nitrogen and oxygen atoms in total. The largest absolute Gasteiger partial charge is 0.464 e. The summed E-state index contributed by atoms with van der Waals surface area (Å²) < 4.78 is 21.0. The zero-order valence-electron chi connectivity index (χ0n) is 15.0. The van der Waals surface area contributed by atoms with Crippen molar-refractivity contribution in [2.45, 2.75) is 6.92 Å². The van der Waals surface area contributed by atoms with Gasteiger partial charge in [0.25, 0.3) is 0 Å². The molecule has 0 saturated carbocycles. The van der Waals surface area contributed by atoms with Gasteiger partial charge in [-0.15, -0.1) is 0 Å². The Balaban J connectivity index is 2.11. The second kappa shape index (κ2) is 10.4. The van der Waals surface area contributed by atoms with Crippen LogP contribution < -0.4 is 14.8 Å². The average Bonchev–Trinajstić information content (AvgIpc) is 2.65. The van der Waals surface area contributed by atoms with E-state index in [1.54, 1.807) is 14.2 Å². The monoisotopic (exact) mass is 343 g/mol. The Morgan fingerprint density at radius 3 is 2.04 bits per heavy atom. The molecule has 0 aromatic heterocycles. The average molecular weight is 343 g/mol. The number of benzene rings is 2. The first-order chi connectivity index (χ1) is 12.3. The minimum absolute atomic E-state index is 0.155. The van der Waals surface area contributed by atoms with Crippen LogP contribution in [0.5, 0.6) is 11.5 Å². The molecule has 5 heteroatoms. The molecule has 2 aromatic carbocycles. The second-order valence-electron chi connectivity index (χ2n) is 5.29. The molecule has 0 atom stereocenters. The van der Waals surface area contributed by atoms with E-state index in [1.807, 2.05) is 24.3 Å². The van der Waals surface area contributed by atoms with E-state index in [1.165, 1.54) is 0 Å². The van der Waals surface area contributed by atoms with Gasteiger partial charge < -0.3 is 24.3 Å². The van der Waals surface area contributed by atoms with E-state index >= 15 is 0 Å². The van der Waals surface area contributed by atoms with E-state index in [0.29, 0.717) is 11.5 Å². The maximum atomic E-state index is 5.57. The van der Waals surface area contributed by atoms with Crippen LogP contribution in [0.3, 0.4) is 0 Å². The smallest absolute Gasteiger partial charge is 0.188 e. The number of hydrogen-bond donors (Lipinski definition) is 1. The summed E-state index contributed by atoms with van der Waals surface area (Å²) in [6.45, 7) is 3.31. The van der Waals surface area contributed by atoms with Gasteiger partial charge in [0, 0.05) is 26.5 Å². The summed E-state index contributed by atoms with van der Waals surface area (Å²) in [4.78, 5) is 0. The molecule has 0 saturated heterocycles. The van der Waals surface area contributed by atoms with Gasteiger partial charge in [-0.3, -0.25) is 0 Å². The number of ether oxygens (including phenoxy) is 4. The molecule has 2 aromatic rings. The van der Waals surface area contributed by atoms with Crippen LogP contribution in [0.25, 0.3) is 12.2 Å². The lowest BCUT2D eigenvalue weighted by Crippen LogP contribution is -2.04. The van der Waals surface area contributed by atoms with Crippen LogP contribution in [0, 0.1) is 0 Å². The Morgan fingerprint density at radius 2 is 1.40 bits per heavy atom. The summed E-state index contributed by atoms with van der Waals surface area (Å²) in [6, 6.07) is 14.0. The number of nitrogens with one attached hydrogen (secondary N) is 1. The van der Waals surface area contributed by atoms with Crippen molar-refractivity contribution in [1.29, 1.82) is 0 Å². The van der Waals surface area contributed by atoms with Crippen molar-refractivity contribution >= 4 is 17.8 Å². The van der Waals surface area contributed by atoms with Crippen LogP contribution in [0.2, 0.25) is 0 Å². The number of methoxy groups -OCH3 is 2. The first-order valence-corrected chi connectivity index (χ1v) is 8.16. The van der Waals surface area contributed by atoms with E-state index in [9.17, 15) is 0 Å². The summed E-state index contributed by atoms with van der Waals surface area (Å²) in [6.07, 6.45) is 4.09. The maximum Gasteiger partial charge on any atom is 0.188 e. The van der Waals surface area contributed by atoms with Crippen molar-refractivity contribution in [2.75, 3.05) is 39.7 Å². The number of anilines is 1. The SMILES string of the molecule is CCNc1ccc(C=Cc2ccc(OCOC)c(OCOC)c2)cc1. The molecule has 0 bridgehead atoms. The quantitative estimate of drug-likeness (QED) is 0.516. The van der Waals surface area contributed by atoms with Crippen molar-refractivity contribution in [3.8, 4) is 11.5 Å². The molecule has 0 radical (unpaired) electrons. The van der Waals surface area contributed by atoms with Gasteiger partial charge in [-0.2, -0.15) is 0 Å². The van der Waals surface area contributed by atoms with Gasteiger partial charge in [0.1, 0.15) is 0 Å². The predicted molar refractivity (Wildman–Crippen MR) is 101 cm³/mol. The van der Waals surface area contributed by atoms with Crippen LogP contribution in [-0.4, -0.2) is 34.4 Å². The van der Waals surface area contributed by atoms with Crippen LogP contribution in [0.1, 0.15) is 18.1 Å². The predicted octanol–water partition coefficient (Wildman–Crippen LogP) is 4.25. The molecule has 1 N–H and O–H groups in total. The summed E-state index contributed by atoms with van der Waals surface area (Å²) in [5.74, 6) is 1.23. The normalized spacial score (nSPS) is 10.8. The first-order valence-electron chi connectivity index (χ1n) is 8.16. The lowest BCUT2D eigenvalue weighted by Gasteiger charge is -2.12. The molecular formula is C20H25NO4. The third-order valence-electron chi connectivity index (χ3n) is 3.39. The van der Waals surface area contributed by atoms with E-state index in [-0.39, 0.29) is 13.6 Å². The molecule has 0 spiro atoms. The molecule has 0 amide bonds. The standard InChI is InChI=1S/C20H25NO4/c1-4-21-18-10-7-16(8-11-18)5-6-17-9-12-19(24-14-22-2)20(13-17)25-15-23-3/h5-13,21H,4,14-15H2,1-3H3. The third-order valence-corrected chi connectivity index (χ3v) is 3.39. The molecular weight excluding hydrogens is 318 g/mol. The van der Waals surface area contributed by atoms with Gasteiger partial charge in [-0.05, 0) is 42.3 Å². The first kappa shape index (κ1) is 18.8. The minimum Gasteiger partial charge on any atom is -0.464 e. The third kappa shape index (κ3) is 6.14.